The molecule has 1 atom stereocenters. The van der Waals surface area contributed by atoms with Crippen molar-refractivity contribution in [2.45, 2.75) is 18.3 Å². The molecule has 6 heteroatoms. The highest BCUT2D eigenvalue weighted by Gasteiger charge is 2.06. The van der Waals surface area contributed by atoms with E-state index in [1.807, 2.05) is 28.6 Å². The fraction of sp³-hybridized carbons (Fsp3) is 0.214. The Balaban J connectivity index is 1.74. The molecule has 0 bridgehead atoms. The Bertz CT molecular complexity index is 670. The van der Waals surface area contributed by atoms with E-state index in [4.69, 9.17) is 0 Å². The van der Waals surface area contributed by atoms with Crippen LogP contribution < -0.4 is 0 Å². The summed E-state index contributed by atoms with van der Waals surface area (Å²) in [6, 6.07) is 8.33. The molecule has 5 nitrogen and oxygen atoms in total. The second kappa shape index (κ2) is 5.58. The number of aromatic nitrogens is 5. The average Bonchev–Trinajstić information content (AvgIpc) is 3.10. The molecule has 0 saturated heterocycles. The van der Waals surface area contributed by atoms with E-state index in [2.05, 4.69) is 55.5 Å². The molecule has 3 rings (SSSR count). The van der Waals surface area contributed by atoms with Gasteiger partial charge in [-0.1, -0.05) is 33.3 Å². The summed E-state index contributed by atoms with van der Waals surface area (Å²) in [5.41, 5.74) is 3.23. The van der Waals surface area contributed by atoms with Crippen molar-refractivity contribution in [3.63, 3.8) is 0 Å². The summed E-state index contributed by atoms with van der Waals surface area (Å²) in [4.78, 5) is 4.27. The molecule has 0 N–H and O–H groups in total. The fourth-order valence-corrected chi connectivity index (χ4v) is 2.16. The van der Waals surface area contributed by atoms with E-state index >= 15 is 0 Å². The summed E-state index contributed by atoms with van der Waals surface area (Å²) in [6.07, 6.45) is 7.45. The van der Waals surface area contributed by atoms with Crippen molar-refractivity contribution < 1.29 is 0 Å². The molecule has 0 spiro atoms. The lowest BCUT2D eigenvalue weighted by atomic mass is 10.2. The zero-order valence-corrected chi connectivity index (χ0v) is 12.6. The number of hydrogen-bond donors (Lipinski definition) is 0. The highest BCUT2D eigenvalue weighted by molar-refractivity contribution is 9.09. The minimum atomic E-state index is 0.222. The molecule has 0 fully saturated rings. The molecule has 1 unspecified atom stereocenters. The molecular formula is C14H14BrN5. The third-order valence-corrected chi connectivity index (χ3v) is 3.52. The van der Waals surface area contributed by atoms with Gasteiger partial charge in [0.15, 0.2) is 0 Å². The van der Waals surface area contributed by atoms with E-state index in [0.29, 0.717) is 0 Å². The molecule has 0 aliphatic carbocycles. The quantitative estimate of drug-likeness (QED) is 0.690. The molecule has 102 valence electrons. The molecular weight excluding hydrogens is 318 g/mol. The van der Waals surface area contributed by atoms with Crippen molar-refractivity contribution >= 4 is 15.9 Å². The van der Waals surface area contributed by atoms with Gasteiger partial charge in [0.1, 0.15) is 0 Å². The van der Waals surface area contributed by atoms with Crippen molar-refractivity contribution in [2.75, 3.05) is 0 Å². The highest BCUT2D eigenvalue weighted by atomic mass is 79.9. The fourth-order valence-electron chi connectivity index (χ4n) is 1.95. The normalized spacial score (nSPS) is 12.5. The summed E-state index contributed by atoms with van der Waals surface area (Å²) in [5.74, 6) is 0. The summed E-state index contributed by atoms with van der Waals surface area (Å²) in [6.45, 7) is 2.76. The zero-order valence-electron chi connectivity index (χ0n) is 11.0. The first-order valence-corrected chi connectivity index (χ1v) is 7.25. The minimum absolute atomic E-state index is 0.222. The SMILES string of the molecule is CC(Br)c1cn(Cc2ccc(-n3ccnc3)cc2)nn1. The first-order chi connectivity index (χ1) is 9.72. The number of benzene rings is 1. The van der Waals surface area contributed by atoms with Crippen molar-refractivity contribution in [3.8, 4) is 5.69 Å². The number of alkyl halides is 1. The third-order valence-electron chi connectivity index (χ3n) is 3.05. The van der Waals surface area contributed by atoms with Crippen LogP contribution in [0.3, 0.4) is 0 Å². The van der Waals surface area contributed by atoms with Crippen molar-refractivity contribution in [1.29, 1.82) is 0 Å². The molecule has 0 aliphatic heterocycles. The van der Waals surface area contributed by atoms with E-state index in [0.717, 1.165) is 17.9 Å². The lowest BCUT2D eigenvalue weighted by molar-refractivity contribution is 0.649. The van der Waals surface area contributed by atoms with Crippen molar-refractivity contribution in [3.05, 3.63) is 60.4 Å². The van der Waals surface area contributed by atoms with Gasteiger partial charge in [0.25, 0.3) is 0 Å². The Hall–Kier alpha value is -1.95. The number of halogens is 1. The number of hydrogen-bond acceptors (Lipinski definition) is 3. The van der Waals surface area contributed by atoms with Gasteiger partial charge in [-0.3, -0.25) is 0 Å². The largest absolute Gasteiger partial charge is 0.306 e. The molecule has 3 aromatic rings. The molecule has 2 aromatic heterocycles. The maximum absolute atomic E-state index is 4.13. The van der Waals surface area contributed by atoms with Crippen LogP contribution >= 0.6 is 15.9 Å². The first-order valence-electron chi connectivity index (χ1n) is 6.34. The molecule has 20 heavy (non-hydrogen) atoms. The van der Waals surface area contributed by atoms with Gasteiger partial charge in [0.05, 0.1) is 23.4 Å². The summed E-state index contributed by atoms with van der Waals surface area (Å²) >= 11 is 3.49. The van der Waals surface area contributed by atoms with Gasteiger partial charge in [0.2, 0.25) is 0 Å². The van der Waals surface area contributed by atoms with E-state index in [1.165, 1.54) is 5.56 Å². The molecule has 0 saturated carbocycles. The lowest BCUT2D eigenvalue weighted by Gasteiger charge is -2.04. The van der Waals surface area contributed by atoms with Gasteiger partial charge in [-0.25, -0.2) is 9.67 Å². The topological polar surface area (TPSA) is 48.5 Å². The minimum Gasteiger partial charge on any atom is -0.306 e. The van der Waals surface area contributed by atoms with Gasteiger partial charge < -0.3 is 4.57 Å². The maximum atomic E-state index is 4.13. The molecule has 1 aromatic carbocycles. The molecule has 0 radical (unpaired) electrons. The van der Waals surface area contributed by atoms with Gasteiger partial charge in [0, 0.05) is 24.3 Å². The first kappa shape index (κ1) is 13.1. The number of imidazole rings is 1. The maximum Gasteiger partial charge on any atom is 0.0991 e. The van der Waals surface area contributed by atoms with Crippen LogP contribution in [-0.4, -0.2) is 24.5 Å². The van der Waals surface area contributed by atoms with Crippen LogP contribution in [0.4, 0.5) is 0 Å². The van der Waals surface area contributed by atoms with Crippen LogP contribution in [0.25, 0.3) is 5.69 Å². The van der Waals surface area contributed by atoms with Crippen LogP contribution in [0.15, 0.2) is 49.2 Å². The summed E-state index contributed by atoms with van der Waals surface area (Å²) in [5, 5.41) is 8.25. The highest BCUT2D eigenvalue weighted by Crippen LogP contribution is 2.18. The van der Waals surface area contributed by atoms with Crippen LogP contribution in [0.5, 0.6) is 0 Å². The number of nitrogens with zero attached hydrogens (tertiary/aromatic N) is 5. The summed E-state index contributed by atoms with van der Waals surface area (Å²) in [7, 11) is 0. The lowest BCUT2D eigenvalue weighted by Crippen LogP contribution is -2.00. The second-order valence-electron chi connectivity index (χ2n) is 4.59. The van der Waals surface area contributed by atoms with Gasteiger partial charge in [-0.05, 0) is 24.6 Å². The van der Waals surface area contributed by atoms with E-state index in [-0.39, 0.29) is 4.83 Å². The van der Waals surface area contributed by atoms with E-state index in [1.54, 1.807) is 12.5 Å². The van der Waals surface area contributed by atoms with Gasteiger partial charge in [-0.15, -0.1) is 5.10 Å². The van der Waals surface area contributed by atoms with Crippen molar-refractivity contribution in [2.24, 2.45) is 0 Å². The zero-order chi connectivity index (χ0) is 13.9. The Kier molecular flexibility index (Phi) is 3.64. The van der Waals surface area contributed by atoms with Crippen LogP contribution in [0, 0.1) is 0 Å². The summed E-state index contributed by atoms with van der Waals surface area (Å²) < 4.78 is 3.82. The van der Waals surface area contributed by atoms with Gasteiger partial charge in [-0.2, -0.15) is 0 Å². The van der Waals surface area contributed by atoms with Crippen LogP contribution in [0.1, 0.15) is 23.0 Å². The standard InChI is InChI=1S/C14H14BrN5/c1-11(15)14-9-20(18-17-14)8-12-2-4-13(5-3-12)19-7-6-16-10-19/h2-7,9-11H,8H2,1H3. The van der Waals surface area contributed by atoms with Crippen LogP contribution in [0.2, 0.25) is 0 Å². The number of rotatable bonds is 4. The van der Waals surface area contributed by atoms with Gasteiger partial charge >= 0.3 is 0 Å². The molecule has 2 heterocycles. The van der Waals surface area contributed by atoms with E-state index < -0.39 is 0 Å². The predicted octanol–water partition coefficient (Wildman–Crippen LogP) is 2.97. The monoisotopic (exact) mass is 331 g/mol. The smallest absolute Gasteiger partial charge is 0.0991 e. The Labute approximate surface area is 125 Å². The van der Waals surface area contributed by atoms with Crippen molar-refractivity contribution in [1.82, 2.24) is 24.5 Å². The second-order valence-corrected chi connectivity index (χ2v) is 5.97. The molecule has 0 amide bonds. The average molecular weight is 332 g/mol. The third kappa shape index (κ3) is 2.80. The predicted molar refractivity (Wildman–Crippen MR) is 80.0 cm³/mol. The Morgan fingerprint density at radius 2 is 2.05 bits per heavy atom. The van der Waals surface area contributed by atoms with Crippen LogP contribution in [-0.2, 0) is 6.54 Å². The van der Waals surface area contributed by atoms with E-state index in [9.17, 15) is 0 Å². The molecule has 0 aliphatic rings. The Morgan fingerprint density at radius 3 is 2.65 bits per heavy atom. The Morgan fingerprint density at radius 1 is 1.25 bits per heavy atom.